The smallest absolute Gasteiger partial charge is 0.282 e. The van der Waals surface area contributed by atoms with Gasteiger partial charge in [0.15, 0.2) is 18.1 Å². The predicted octanol–water partition coefficient (Wildman–Crippen LogP) is 7.37. The molecule has 0 atom stereocenters. The van der Waals surface area contributed by atoms with E-state index in [0.717, 1.165) is 33.7 Å². The molecular formula is C30H27BrClIN4O4. The molecule has 212 valence electrons. The Kier molecular flexibility index (Phi) is 9.61. The Labute approximate surface area is 264 Å². The molecule has 4 aromatic rings. The fraction of sp³-hybridized carbons (Fsp3) is 0.267. The van der Waals surface area contributed by atoms with E-state index < -0.39 is 0 Å². The second-order valence-electron chi connectivity index (χ2n) is 9.71. The van der Waals surface area contributed by atoms with Gasteiger partial charge in [0, 0.05) is 21.1 Å². The van der Waals surface area contributed by atoms with Crippen molar-refractivity contribution in [1.29, 1.82) is 0 Å². The SMILES string of the molecule is COc1cc(C=Nn2c(C3CCCCC3)nc3ccc(Br)cc3c2=O)cc(I)c1OCC(=O)Nc1ccc(Cl)cc1. The van der Waals surface area contributed by atoms with E-state index in [9.17, 15) is 9.59 Å². The van der Waals surface area contributed by atoms with Crippen LogP contribution in [0.2, 0.25) is 5.02 Å². The molecule has 3 aromatic carbocycles. The Balaban J connectivity index is 1.41. The second kappa shape index (κ2) is 13.3. The maximum atomic E-state index is 13.6. The first-order valence-corrected chi connectivity index (χ1v) is 15.4. The normalized spacial score (nSPS) is 14.0. The Morgan fingerprint density at radius 3 is 2.66 bits per heavy atom. The van der Waals surface area contributed by atoms with Crippen molar-refractivity contribution in [3.05, 3.63) is 89.4 Å². The van der Waals surface area contributed by atoms with Crippen LogP contribution < -0.4 is 20.3 Å². The van der Waals surface area contributed by atoms with Gasteiger partial charge in [-0.1, -0.05) is 46.8 Å². The molecule has 1 aromatic heterocycles. The molecule has 0 aliphatic heterocycles. The van der Waals surface area contributed by atoms with Crippen LogP contribution in [-0.2, 0) is 4.79 Å². The van der Waals surface area contributed by atoms with Gasteiger partial charge in [0.05, 0.1) is 27.8 Å². The summed E-state index contributed by atoms with van der Waals surface area (Å²) in [5.41, 5.74) is 1.79. The van der Waals surface area contributed by atoms with Gasteiger partial charge in [-0.2, -0.15) is 9.78 Å². The van der Waals surface area contributed by atoms with Crippen molar-refractivity contribution in [1.82, 2.24) is 9.66 Å². The highest BCUT2D eigenvalue weighted by molar-refractivity contribution is 14.1. The van der Waals surface area contributed by atoms with Gasteiger partial charge in [-0.3, -0.25) is 9.59 Å². The highest BCUT2D eigenvalue weighted by Gasteiger charge is 2.23. The van der Waals surface area contributed by atoms with E-state index in [2.05, 4.69) is 48.9 Å². The largest absolute Gasteiger partial charge is 0.493 e. The van der Waals surface area contributed by atoms with E-state index in [4.69, 9.17) is 26.1 Å². The first kappa shape index (κ1) is 29.5. The van der Waals surface area contributed by atoms with E-state index in [-0.39, 0.29) is 24.0 Å². The number of anilines is 1. The second-order valence-corrected chi connectivity index (χ2v) is 12.2. The number of nitrogens with one attached hydrogen (secondary N) is 1. The maximum absolute atomic E-state index is 13.6. The molecule has 1 heterocycles. The van der Waals surface area contributed by atoms with Crippen molar-refractivity contribution in [2.75, 3.05) is 19.0 Å². The molecule has 0 spiro atoms. The van der Waals surface area contributed by atoms with Gasteiger partial charge in [0.1, 0.15) is 5.82 Å². The number of carbonyl (C=O) groups is 1. The number of ether oxygens (including phenoxy) is 2. The van der Waals surface area contributed by atoms with Crippen LogP contribution in [0.5, 0.6) is 11.5 Å². The summed E-state index contributed by atoms with van der Waals surface area (Å²) in [5.74, 6) is 1.42. The standard InChI is InChI=1S/C30H27BrClIN4O4/c1-40-26-14-18(13-24(33)28(26)41-17-27(38)35-22-10-8-21(32)9-11-22)16-34-37-29(19-5-3-2-4-6-19)36-25-12-7-20(31)15-23(25)30(37)39/h7-16,19H,2-6,17H2,1H3,(H,35,38). The van der Waals surface area contributed by atoms with Crippen LogP contribution in [0, 0.1) is 3.57 Å². The zero-order chi connectivity index (χ0) is 28.9. The van der Waals surface area contributed by atoms with E-state index in [0.29, 0.717) is 44.5 Å². The molecule has 0 bridgehead atoms. The van der Waals surface area contributed by atoms with Gasteiger partial charge in [0.2, 0.25) is 0 Å². The Hall–Kier alpha value is -2.96. The van der Waals surface area contributed by atoms with Crippen molar-refractivity contribution in [3.63, 3.8) is 0 Å². The number of rotatable bonds is 8. The van der Waals surface area contributed by atoms with Gasteiger partial charge >= 0.3 is 0 Å². The summed E-state index contributed by atoms with van der Waals surface area (Å²) in [6.45, 7) is -0.207. The number of fused-ring (bicyclic) bond motifs is 1. The third-order valence-corrected chi connectivity index (χ3v) is 8.40. The van der Waals surface area contributed by atoms with Gasteiger partial charge in [-0.05, 0) is 95.6 Å². The van der Waals surface area contributed by atoms with E-state index in [1.165, 1.54) is 18.2 Å². The van der Waals surface area contributed by atoms with Crippen LogP contribution in [0.3, 0.4) is 0 Å². The quantitative estimate of drug-likeness (QED) is 0.150. The first-order valence-electron chi connectivity index (χ1n) is 13.1. The molecule has 1 amide bonds. The Bertz CT molecular complexity index is 1670. The highest BCUT2D eigenvalue weighted by atomic mass is 127. The average Bonchev–Trinajstić information content (AvgIpc) is 2.97. The number of halogens is 3. The lowest BCUT2D eigenvalue weighted by atomic mass is 9.88. The molecule has 1 aliphatic rings. The summed E-state index contributed by atoms with van der Waals surface area (Å²) in [5, 5.41) is 8.49. The van der Waals surface area contributed by atoms with Crippen molar-refractivity contribution in [3.8, 4) is 11.5 Å². The predicted molar refractivity (Wildman–Crippen MR) is 174 cm³/mol. The lowest BCUT2D eigenvalue weighted by molar-refractivity contribution is -0.118. The highest BCUT2D eigenvalue weighted by Crippen LogP contribution is 2.34. The summed E-state index contributed by atoms with van der Waals surface area (Å²) < 4.78 is 14.4. The molecule has 11 heteroatoms. The van der Waals surface area contributed by atoms with Gasteiger partial charge in [-0.25, -0.2) is 4.98 Å². The number of hydrogen-bond donors (Lipinski definition) is 1. The first-order chi connectivity index (χ1) is 19.8. The van der Waals surface area contributed by atoms with Crippen LogP contribution in [0.25, 0.3) is 10.9 Å². The molecule has 0 saturated heterocycles. The molecule has 1 N–H and O–H groups in total. The summed E-state index contributed by atoms with van der Waals surface area (Å²) in [4.78, 5) is 30.9. The number of carbonyl (C=O) groups excluding carboxylic acids is 1. The summed E-state index contributed by atoms with van der Waals surface area (Å²) in [6, 6.07) is 16.0. The zero-order valence-corrected chi connectivity index (χ0v) is 26.7. The molecule has 5 rings (SSSR count). The molecular weight excluding hydrogens is 723 g/mol. The fourth-order valence-electron chi connectivity index (χ4n) is 4.85. The van der Waals surface area contributed by atoms with Gasteiger partial charge in [0.25, 0.3) is 11.5 Å². The molecule has 8 nitrogen and oxygen atoms in total. The van der Waals surface area contributed by atoms with Gasteiger partial charge in [-0.15, -0.1) is 0 Å². The molecule has 41 heavy (non-hydrogen) atoms. The number of amides is 1. The van der Waals surface area contributed by atoms with E-state index >= 15 is 0 Å². The third kappa shape index (κ3) is 7.10. The van der Waals surface area contributed by atoms with Crippen LogP contribution >= 0.6 is 50.1 Å². The van der Waals surface area contributed by atoms with Crippen molar-refractivity contribution < 1.29 is 14.3 Å². The monoisotopic (exact) mass is 748 g/mol. The summed E-state index contributed by atoms with van der Waals surface area (Å²) >= 11 is 11.5. The summed E-state index contributed by atoms with van der Waals surface area (Å²) in [7, 11) is 1.53. The van der Waals surface area contributed by atoms with E-state index in [1.54, 1.807) is 42.6 Å². The topological polar surface area (TPSA) is 94.8 Å². The lowest BCUT2D eigenvalue weighted by Gasteiger charge is -2.22. The van der Waals surface area contributed by atoms with Crippen LogP contribution in [-0.4, -0.2) is 35.5 Å². The van der Waals surface area contributed by atoms with E-state index in [1.807, 2.05) is 18.2 Å². The number of aromatic nitrogens is 2. The molecule has 0 unspecified atom stereocenters. The zero-order valence-electron chi connectivity index (χ0n) is 22.2. The average molecular weight is 750 g/mol. The minimum Gasteiger partial charge on any atom is -0.493 e. The summed E-state index contributed by atoms with van der Waals surface area (Å²) in [6.07, 6.45) is 7.00. The Morgan fingerprint density at radius 1 is 1.17 bits per heavy atom. The molecule has 1 fully saturated rings. The Morgan fingerprint density at radius 2 is 1.93 bits per heavy atom. The van der Waals surface area contributed by atoms with Crippen molar-refractivity contribution >= 4 is 78.8 Å². The minimum absolute atomic E-state index is 0.172. The number of methoxy groups -OCH3 is 1. The molecule has 1 aliphatic carbocycles. The number of nitrogens with zero attached hydrogens (tertiary/aromatic N) is 3. The van der Waals surface area contributed by atoms with Crippen LogP contribution in [0.15, 0.2) is 69.0 Å². The maximum Gasteiger partial charge on any atom is 0.282 e. The third-order valence-electron chi connectivity index (χ3n) is 6.85. The van der Waals surface area contributed by atoms with Crippen molar-refractivity contribution in [2.45, 2.75) is 38.0 Å². The minimum atomic E-state index is -0.319. The van der Waals surface area contributed by atoms with Crippen molar-refractivity contribution in [2.24, 2.45) is 5.10 Å². The number of hydrogen-bond acceptors (Lipinski definition) is 6. The van der Waals surface area contributed by atoms with Crippen LogP contribution in [0.1, 0.15) is 49.4 Å². The molecule has 1 saturated carbocycles. The lowest BCUT2D eigenvalue weighted by Crippen LogP contribution is -2.25. The molecule has 0 radical (unpaired) electrons. The fourth-order valence-corrected chi connectivity index (χ4v) is 6.12. The van der Waals surface area contributed by atoms with Gasteiger partial charge < -0.3 is 14.8 Å². The number of benzene rings is 3. The van der Waals surface area contributed by atoms with Crippen LogP contribution in [0.4, 0.5) is 5.69 Å².